The number of carbonyl (C=O) groups is 1. The largest absolute Gasteiger partial charge is 0.451 e. The van der Waals surface area contributed by atoms with E-state index in [0.29, 0.717) is 18.1 Å². The van der Waals surface area contributed by atoms with Gasteiger partial charge in [0.05, 0.1) is 10.4 Å². The van der Waals surface area contributed by atoms with Gasteiger partial charge in [-0.3, -0.25) is 9.89 Å². The van der Waals surface area contributed by atoms with E-state index in [1.807, 2.05) is 43.5 Å². The monoisotopic (exact) mass is 411 g/mol. The number of amides is 1. The van der Waals surface area contributed by atoms with Gasteiger partial charge in [-0.05, 0) is 42.8 Å². The normalized spacial score (nSPS) is 11.2. The number of para-hydroxylation sites is 1. The van der Waals surface area contributed by atoms with E-state index in [1.54, 1.807) is 23.1 Å². The first-order valence-corrected chi connectivity index (χ1v) is 11.0. The Bertz CT molecular complexity index is 1070. The van der Waals surface area contributed by atoms with Gasteiger partial charge in [-0.25, -0.2) is 0 Å². The zero-order valence-corrected chi connectivity index (χ0v) is 17.2. The number of fused-ring (bicyclic) bond motifs is 1. The van der Waals surface area contributed by atoms with Gasteiger partial charge >= 0.3 is 0 Å². The number of aryl methyl sites for hydroxylation is 2. The molecule has 0 bridgehead atoms. The van der Waals surface area contributed by atoms with Crippen LogP contribution in [0.25, 0.3) is 11.0 Å². The van der Waals surface area contributed by atoms with Crippen LogP contribution < -0.4 is 5.32 Å². The first-order chi connectivity index (χ1) is 13.7. The van der Waals surface area contributed by atoms with Crippen molar-refractivity contribution in [3.63, 3.8) is 0 Å². The summed E-state index contributed by atoms with van der Waals surface area (Å²) in [6.45, 7) is 2.60. The number of H-pyrrole nitrogens is 1. The lowest BCUT2D eigenvalue weighted by Gasteiger charge is -2.05. The van der Waals surface area contributed by atoms with Gasteiger partial charge in [0.1, 0.15) is 5.58 Å². The lowest BCUT2D eigenvalue weighted by atomic mass is 10.1. The minimum Gasteiger partial charge on any atom is -0.451 e. The number of carbonyl (C=O) groups excluding carboxylic acids is 1. The molecule has 1 amide bonds. The average Bonchev–Trinajstić information content (AvgIpc) is 3.43. The molecule has 3 heterocycles. The first-order valence-electron chi connectivity index (χ1n) is 9.16. The number of thioether (sulfide) groups is 1. The summed E-state index contributed by atoms with van der Waals surface area (Å²) in [5.41, 5.74) is 3.98. The quantitative estimate of drug-likeness (QED) is 0.309. The molecule has 0 radical (unpaired) electrons. The van der Waals surface area contributed by atoms with Crippen molar-refractivity contribution in [1.29, 1.82) is 0 Å². The molecule has 0 aliphatic rings. The number of aromatic amines is 1. The number of aromatic nitrogens is 2. The Hall–Kier alpha value is -2.51. The standard InChI is InChI=1S/C21H21N3O2S2/c1-14-15(12-23-24-14)6-4-10-22-21(25)20-17(13-28-19-9-5-11-27-19)16-7-2-3-8-18(16)26-20/h2-3,5,7-9,11-12H,4,6,10,13H2,1H3,(H,22,25)(H,23,24). The van der Waals surface area contributed by atoms with Gasteiger partial charge in [0.25, 0.3) is 5.91 Å². The Morgan fingerprint density at radius 3 is 2.96 bits per heavy atom. The molecule has 5 nitrogen and oxygen atoms in total. The van der Waals surface area contributed by atoms with Crippen LogP contribution in [0.1, 0.15) is 33.8 Å². The SMILES string of the molecule is Cc1[nH]ncc1CCCNC(=O)c1oc2ccccc2c1CSc1cccs1. The second-order valence-corrected chi connectivity index (χ2v) is 8.73. The molecule has 3 aromatic heterocycles. The smallest absolute Gasteiger partial charge is 0.287 e. The third kappa shape index (κ3) is 4.15. The Labute approximate surface area is 171 Å². The molecule has 4 rings (SSSR count). The van der Waals surface area contributed by atoms with Crippen LogP contribution in [-0.4, -0.2) is 22.6 Å². The fourth-order valence-electron chi connectivity index (χ4n) is 3.10. The highest BCUT2D eigenvalue weighted by molar-refractivity contribution is 8.00. The molecule has 0 saturated heterocycles. The van der Waals surface area contributed by atoms with Crippen molar-refractivity contribution in [3.05, 3.63) is 70.6 Å². The van der Waals surface area contributed by atoms with Gasteiger partial charge in [0.15, 0.2) is 5.76 Å². The van der Waals surface area contributed by atoms with E-state index >= 15 is 0 Å². The molecule has 1 aromatic carbocycles. The van der Waals surface area contributed by atoms with Crippen molar-refractivity contribution >= 4 is 40.0 Å². The Balaban J connectivity index is 1.44. The number of hydrogen-bond donors (Lipinski definition) is 2. The number of thiophene rings is 1. The predicted octanol–water partition coefficient (Wildman–Crippen LogP) is 5.18. The zero-order valence-electron chi connectivity index (χ0n) is 15.5. The Morgan fingerprint density at radius 2 is 2.18 bits per heavy atom. The fourth-order valence-corrected chi connectivity index (χ4v) is 4.92. The summed E-state index contributed by atoms with van der Waals surface area (Å²) >= 11 is 3.43. The summed E-state index contributed by atoms with van der Waals surface area (Å²) in [6, 6.07) is 12.0. The van der Waals surface area contributed by atoms with E-state index in [9.17, 15) is 4.79 Å². The van der Waals surface area contributed by atoms with Crippen LogP contribution in [0.4, 0.5) is 0 Å². The van der Waals surface area contributed by atoms with Crippen LogP contribution in [-0.2, 0) is 12.2 Å². The molecule has 0 aliphatic carbocycles. The van der Waals surface area contributed by atoms with E-state index in [-0.39, 0.29) is 5.91 Å². The minimum atomic E-state index is -0.151. The van der Waals surface area contributed by atoms with E-state index < -0.39 is 0 Å². The molecule has 0 fully saturated rings. The molecule has 0 spiro atoms. The summed E-state index contributed by atoms with van der Waals surface area (Å²) in [7, 11) is 0. The van der Waals surface area contributed by atoms with Crippen LogP contribution in [0.3, 0.4) is 0 Å². The maximum Gasteiger partial charge on any atom is 0.287 e. The third-order valence-corrected chi connectivity index (χ3v) is 6.76. The molecule has 2 N–H and O–H groups in total. The molecule has 0 saturated carbocycles. The number of nitrogens with one attached hydrogen (secondary N) is 2. The van der Waals surface area contributed by atoms with E-state index in [4.69, 9.17) is 4.42 Å². The van der Waals surface area contributed by atoms with Gasteiger partial charge in [0.2, 0.25) is 0 Å². The van der Waals surface area contributed by atoms with Crippen molar-refractivity contribution in [2.75, 3.05) is 6.54 Å². The van der Waals surface area contributed by atoms with E-state index in [1.165, 1.54) is 9.77 Å². The van der Waals surface area contributed by atoms with E-state index in [0.717, 1.165) is 35.1 Å². The predicted molar refractivity (Wildman–Crippen MR) is 114 cm³/mol. The molecule has 0 aliphatic heterocycles. The molecular formula is C21H21N3O2S2. The summed E-state index contributed by atoms with van der Waals surface area (Å²) < 4.78 is 7.14. The van der Waals surface area contributed by atoms with Gasteiger partial charge in [0, 0.05) is 28.9 Å². The number of rotatable bonds is 8. The second kappa shape index (κ2) is 8.67. The highest BCUT2D eigenvalue weighted by Gasteiger charge is 2.20. The maximum atomic E-state index is 12.8. The van der Waals surface area contributed by atoms with Crippen LogP contribution in [0.2, 0.25) is 0 Å². The lowest BCUT2D eigenvalue weighted by Crippen LogP contribution is -2.25. The van der Waals surface area contributed by atoms with Gasteiger partial charge in [-0.15, -0.1) is 23.1 Å². The first kappa shape index (κ1) is 18.8. The molecular weight excluding hydrogens is 390 g/mol. The molecule has 7 heteroatoms. The second-order valence-electron chi connectivity index (χ2n) is 6.51. The Kier molecular flexibility index (Phi) is 5.83. The molecule has 0 unspecified atom stereocenters. The summed E-state index contributed by atoms with van der Waals surface area (Å²) in [5.74, 6) is 0.973. The van der Waals surface area contributed by atoms with Crippen molar-refractivity contribution in [1.82, 2.24) is 15.5 Å². The minimum absolute atomic E-state index is 0.151. The van der Waals surface area contributed by atoms with Gasteiger partial charge < -0.3 is 9.73 Å². The van der Waals surface area contributed by atoms with Crippen molar-refractivity contribution in [3.8, 4) is 0 Å². The number of benzene rings is 1. The highest BCUT2D eigenvalue weighted by Crippen LogP contribution is 2.33. The molecule has 0 atom stereocenters. The van der Waals surface area contributed by atoms with Crippen LogP contribution in [0.15, 0.2) is 56.6 Å². The van der Waals surface area contributed by atoms with Crippen LogP contribution in [0.5, 0.6) is 0 Å². The van der Waals surface area contributed by atoms with Gasteiger partial charge in [-0.2, -0.15) is 5.10 Å². The fraction of sp³-hybridized carbons (Fsp3) is 0.238. The van der Waals surface area contributed by atoms with Gasteiger partial charge in [-0.1, -0.05) is 24.3 Å². The number of nitrogens with zero attached hydrogens (tertiary/aromatic N) is 1. The average molecular weight is 412 g/mol. The van der Waals surface area contributed by atoms with Crippen molar-refractivity contribution in [2.24, 2.45) is 0 Å². The third-order valence-electron chi connectivity index (χ3n) is 4.60. The van der Waals surface area contributed by atoms with Crippen LogP contribution in [0, 0.1) is 6.92 Å². The summed E-state index contributed by atoms with van der Waals surface area (Å²) in [6.07, 6.45) is 3.58. The van der Waals surface area contributed by atoms with Crippen molar-refractivity contribution < 1.29 is 9.21 Å². The number of furan rings is 1. The maximum absolute atomic E-state index is 12.8. The molecule has 4 aromatic rings. The summed E-state index contributed by atoms with van der Waals surface area (Å²) in [5, 5.41) is 13.0. The topological polar surface area (TPSA) is 70.9 Å². The highest BCUT2D eigenvalue weighted by atomic mass is 32.2. The molecule has 28 heavy (non-hydrogen) atoms. The van der Waals surface area contributed by atoms with Crippen LogP contribution >= 0.6 is 23.1 Å². The Morgan fingerprint density at radius 1 is 1.29 bits per heavy atom. The molecule has 144 valence electrons. The lowest BCUT2D eigenvalue weighted by molar-refractivity contribution is 0.0926. The summed E-state index contributed by atoms with van der Waals surface area (Å²) in [4.78, 5) is 12.8. The van der Waals surface area contributed by atoms with Crippen molar-refractivity contribution in [2.45, 2.75) is 29.7 Å². The number of hydrogen-bond acceptors (Lipinski definition) is 5. The van der Waals surface area contributed by atoms with E-state index in [2.05, 4.69) is 27.0 Å². The zero-order chi connectivity index (χ0) is 19.3.